The van der Waals surface area contributed by atoms with Gasteiger partial charge in [0, 0.05) is 11.1 Å². The SMILES string of the molecule is NC(=O)c1cccc(C(=O)NC2(C(=O)O)CCC2)c1. The van der Waals surface area contributed by atoms with Gasteiger partial charge in [0.15, 0.2) is 0 Å². The van der Waals surface area contributed by atoms with Crippen molar-refractivity contribution in [3.8, 4) is 0 Å². The van der Waals surface area contributed by atoms with E-state index in [1.54, 1.807) is 0 Å². The average Bonchev–Trinajstić information content (AvgIpc) is 2.33. The summed E-state index contributed by atoms with van der Waals surface area (Å²) in [5, 5.41) is 11.7. The van der Waals surface area contributed by atoms with Gasteiger partial charge in [-0.05, 0) is 37.5 Å². The van der Waals surface area contributed by atoms with Gasteiger partial charge in [-0.3, -0.25) is 9.59 Å². The summed E-state index contributed by atoms with van der Waals surface area (Å²) < 4.78 is 0. The standard InChI is InChI=1S/C13H14N2O4/c14-10(16)8-3-1-4-9(7-8)11(17)15-13(12(18)19)5-2-6-13/h1,3-4,7H,2,5-6H2,(H2,14,16)(H,15,17)(H,18,19). The molecule has 0 saturated heterocycles. The molecule has 19 heavy (non-hydrogen) atoms. The second-order valence-electron chi connectivity index (χ2n) is 4.64. The molecule has 0 aliphatic heterocycles. The Morgan fingerprint density at radius 1 is 1.21 bits per heavy atom. The molecule has 100 valence electrons. The number of carbonyl (C=O) groups is 3. The summed E-state index contributed by atoms with van der Waals surface area (Å²) in [5.74, 6) is -2.17. The maximum absolute atomic E-state index is 12.0. The van der Waals surface area contributed by atoms with Crippen LogP contribution in [0.25, 0.3) is 0 Å². The quantitative estimate of drug-likeness (QED) is 0.734. The van der Waals surface area contributed by atoms with Gasteiger partial charge in [0.05, 0.1) is 0 Å². The van der Waals surface area contributed by atoms with Crippen LogP contribution in [0.2, 0.25) is 0 Å². The summed E-state index contributed by atoms with van der Waals surface area (Å²) in [6, 6.07) is 5.89. The fourth-order valence-corrected chi connectivity index (χ4v) is 2.03. The third-order valence-corrected chi connectivity index (χ3v) is 3.38. The molecule has 6 heteroatoms. The topological polar surface area (TPSA) is 109 Å². The van der Waals surface area contributed by atoms with Crippen molar-refractivity contribution in [3.05, 3.63) is 35.4 Å². The second-order valence-corrected chi connectivity index (χ2v) is 4.64. The molecule has 0 bridgehead atoms. The highest BCUT2D eigenvalue weighted by atomic mass is 16.4. The van der Waals surface area contributed by atoms with Gasteiger partial charge in [-0.2, -0.15) is 0 Å². The number of rotatable bonds is 4. The monoisotopic (exact) mass is 262 g/mol. The molecular weight excluding hydrogens is 248 g/mol. The molecule has 1 fully saturated rings. The first-order valence-electron chi connectivity index (χ1n) is 5.90. The molecule has 4 N–H and O–H groups in total. The van der Waals surface area contributed by atoms with E-state index in [1.165, 1.54) is 24.3 Å². The summed E-state index contributed by atoms with van der Waals surface area (Å²) in [4.78, 5) is 34.2. The fraction of sp³-hybridized carbons (Fsp3) is 0.308. The van der Waals surface area contributed by atoms with Crippen molar-refractivity contribution >= 4 is 17.8 Å². The summed E-state index contributed by atoms with van der Waals surface area (Å²) in [6.07, 6.45) is 1.61. The molecule has 0 aromatic heterocycles. The Morgan fingerprint density at radius 3 is 2.32 bits per heavy atom. The lowest BCUT2D eigenvalue weighted by molar-refractivity contribution is -0.148. The predicted molar refractivity (Wildman–Crippen MR) is 66.6 cm³/mol. The number of amides is 2. The minimum absolute atomic E-state index is 0.214. The number of carboxylic acids is 1. The van der Waals surface area contributed by atoms with Crippen LogP contribution in [-0.4, -0.2) is 28.4 Å². The smallest absolute Gasteiger partial charge is 0.329 e. The van der Waals surface area contributed by atoms with E-state index >= 15 is 0 Å². The number of hydrogen-bond donors (Lipinski definition) is 3. The zero-order valence-electron chi connectivity index (χ0n) is 10.2. The Hall–Kier alpha value is -2.37. The Balaban J connectivity index is 2.18. The number of primary amides is 1. The van der Waals surface area contributed by atoms with Gasteiger partial charge in [0.1, 0.15) is 5.54 Å². The first-order valence-corrected chi connectivity index (χ1v) is 5.90. The molecule has 1 aliphatic carbocycles. The zero-order chi connectivity index (χ0) is 14.0. The van der Waals surface area contributed by atoms with Crippen LogP contribution in [0.4, 0.5) is 0 Å². The number of benzene rings is 1. The molecule has 1 aromatic rings. The van der Waals surface area contributed by atoms with Gasteiger partial charge in [-0.15, -0.1) is 0 Å². The first-order chi connectivity index (χ1) is 8.94. The summed E-state index contributed by atoms with van der Waals surface area (Å²) >= 11 is 0. The molecule has 0 spiro atoms. The Kier molecular flexibility index (Phi) is 3.25. The summed E-state index contributed by atoms with van der Waals surface area (Å²) in [7, 11) is 0. The van der Waals surface area contributed by atoms with Crippen LogP contribution in [0.1, 0.15) is 40.0 Å². The minimum Gasteiger partial charge on any atom is -0.480 e. The van der Waals surface area contributed by atoms with E-state index in [0.29, 0.717) is 12.8 Å². The molecule has 1 aromatic carbocycles. The van der Waals surface area contributed by atoms with E-state index in [4.69, 9.17) is 10.8 Å². The van der Waals surface area contributed by atoms with Crippen LogP contribution in [0.15, 0.2) is 24.3 Å². The highest BCUT2D eigenvalue weighted by Crippen LogP contribution is 2.32. The van der Waals surface area contributed by atoms with Gasteiger partial charge in [-0.25, -0.2) is 4.79 Å². The van der Waals surface area contributed by atoms with E-state index < -0.39 is 23.3 Å². The molecular formula is C13H14N2O4. The summed E-state index contributed by atoms with van der Waals surface area (Å²) in [6.45, 7) is 0. The van der Waals surface area contributed by atoms with Crippen LogP contribution >= 0.6 is 0 Å². The van der Waals surface area contributed by atoms with Gasteiger partial charge in [-0.1, -0.05) is 6.07 Å². The molecule has 6 nitrogen and oxygen atoms in total. The fourth-order valence-electron chi connectivity index (χ4n) is 2.03. The van der Waals surface area contributed by atoms with E-state index in [0.717, 1.165) is 6.42 Å². The average molecular weight is 262 g/mol. The number of nitrogens with one attached hydrogen (secondary N) is 1. The predicted octanol–water partition coefficient (Wildman–Crippen LogP) is 0.523. The minimum atomic E-state index is -1.17. The van der Waals surface area contributed by atoms with Crippen molar-refractivity contribution in [1.29, 1.82) is 0 Å². The Morgan fingerprint density at radius 2 is 1.84 bits per heavy atom. The Labute approximate surface area is 109 Å². The number of nitrogens with two attached hydrogens (primary N) is 1. The van der Waals surface area contributed by atoms with Crippen LogP contribution in [-0.2, 0) is 4.79 Å². The van der Waals surface area contributed by atoms with Gasteiger partial charge < -0.3 is 16.2 Å². The van der Waals surface area contributed by atoms with E-state index in [1.807, 2.05) is 0 Å². The van der Waals surface area contributed by atoms with Crippen molar-refractivity contribution in [2.75, 3.05) is 0 Å². The third kappa shape index (κ3) is 2.42. The van der Waals surface area contributed by atoms with Crippen molar-refractivity contribution < 1.29 is 19.5 Å². The molecule has 0 heterocycles. The van der Waals surface area contributed by atoms with Crippen molar-refractivity contribution in [3.63, 3.8) is 0 Å². The lowest BCUT2D eigenvalue weighted by Gasteiger charge is -2.38. The molecule has 0 radical (unpaired) electrons. The van der Waals surface area contributed by atoms with Gasteiger partial charge in [0.25, 0.3) is 5.91 Å². The number of carbonyl (C=O) groups excluding carboxylic acids is 2. The highest BCUT2D eigenvalue weighted by molar-refractivity contribution is 6.01. The maximum Gasteiger partial charge on any atom is 0.329 e. The van der Waals surface area contributed by atoms with Crippen LogP contribution < -0.4 is 11.1 Å². The molecule has 0 atom stereocenters. The van der Waals surface area contributed by atoms with Crippen molar-refractivity contribution in [2.24, 2.45) is 5.73 Å². The van der Waals surface area contributed by atoms with Crippen molar-refractivity contribution in [2.45, 2.75) is 24.8 Å². The van der Waals surface area contributed by atoms with Crippen LogP contribution in [0, 0.1) is 0 Å². The normalized spacial score (nSPS) is 16.2. The molecule has 0 unspecified atom stereocenters. The van der Waals surface area contributed by atoms with E-state index in [-0.39, 0.29) is 11.1 Å². The third-order valence-electron chi connectivity index (χ3n) is 3.38. The molecule has 2 amide bonds. The van der Waals surface area contributed by atoms with Gasteiger partial charge in [0.2, 0.25) is 5.91 Å². The van der Waals surface area contributed by atoms with Crippen LogP contribution in [0.3, 0.4) is 0 Å². The van der Waals surface area contributed by atoms with Crippen LogP contribution in [0.5, 0.6) is 0 Å². The summed E-state index contributed by atoms with van der Waals surface area (Å²) in [5.41, 5.74) is 4.40. The highest BCUT2D eigenvalue weighted by Gasteiger charge is 2.45. The molecule has 2 rings (SSSR count). The zero-order valence-corrected chi connectivity index (χ0v) is 10.2. The molecule has 1 aliphatic rings. The van der Waals surface area contributed by atoms with E-state index in [2.05, 4.69) is 5.32 Å². The maximum atomic E-state index is 12.0. The number of hydrogen-bond acceptors (Lipinski definition) is 3. The van der Waals surface area contributed by atoms with Gasteiger partial charge >= 0.3 is 5.97 Å². The Bertz CT molecular complexity index is 549. The number of aliphatic carboxylic acids is 1. The second kappa shape index (κ2) is 4.72. The largest absolute Gasteiger partial charge is 0.480 e. The number of carboxylic acid groups (broad SMARTS) is 1. The van der Waals surface area contributed by atoms with E-state index in [9.17, 15) is 14.4 Å². The van der Waals surface area contributed by atoms with Crippen molar-refractivity contribution in [1.82, 2.24) is 5.32 Å². The lowest BCUT2D eigenvalue weighted by Crippen LogP contribution is -2.59. The first kappa shape index (κ1) is 13.1. The molecule has 1 saturated carbocycles. The lowest BCUT2D eigenvalue weighted by atomic mass is 9.76.